The van der Waals surface area contributed by atoms with Gasteiger partial charge in [0.2, 0.25) is 5.95 Å². The van der Waals surface area contributed by atoms with Gasteiger partial charge in [-0.2, -0.15) is 18.6 Å². The number of carbonyl (C=O) groups is 1. The van der Waals surface area contributed by atoms with Crippen LogP contribution in [0.15, 0.2) is 42.9 Å². The first-order valence-corrected chi connectivity index (χ1v) is 7.11. The summed E-state index contributed by atoms with van der Waals surface area (Å²) in [6.07, 6.45) is 2.59. The highest BCUT2D eigenvalue weighted by atomic mass is 19.3. The Balaban J connectivity index is 1.69. The maximum absolute atomic E-state index is 12.7. The summed E-state index contributed by atoms with van der Waals surface area (Å²) in [5.41, 5.74) is 1.90. The van der Waals surface area contributed by atoms with Crippen molar-refractivity contribution in [1.29, 1.82) is 0 Å². The topological polar surface area (TPSA) is 77.6 Å². The van der Waals surface area contributed by atoms with Gasteiger partial charge in [-0.25, -0.2) is 9.67 Å². The lowest BCUT2D eigenvalue weighted by Gasteiger charge is -2.05. The van der Waals surface area contributed by atoms with E-state index < -0.39 is 12.5 Å². The Morgan fingerprint density at radius 3 is 2.92 bits per heavy atom. The quantitative estimate of drug-likeness (QED) is 0.779. The Hall–Kier alpha value is -3.10. The van der Waals surface area contributed by atoms with E-state index in [1.807, 2.05) is 31.2 Å². The van der Waals surface area contributed by atoms with Crippen LogP contribution in [-0.2, 0) is 6.54 Å². The lowest BCUT2D eigenvalue weighted by Crippen LogP contribution is -2.19. The van der Waals surface area contributed by atoms with E-state index in [0.29, 0.717) is 11.2 Å². The molecule has 24 heavy (non-hydrogen) atoms. The van der Waals surface area contributed by atoms with Crippen molar-refractivity contribution in [3.8, 4) is 0 Å². The zero-order valence-corrected chi connectivity index (χ0v) is 12.7. The van der Waals surface area contributed by atoms with Crippen molar-refractivity contribution in [2.45, 2.75) is 20.0 Å². The predicted octanol–water partition coefficient (Wildman–Crippen LogP) is 2.48. The fraction of sp³-hybridized carbons (Fsp3) is 0.200. The summed E-state index contributed by atoms with van der Waals surface area (Å²) < 4.78 is 27.3. The standard InChI is InChI=1S/C15H14F2N6O/c1-10-3-2-4-11(7-10)8-22-9-18-15(21-22)20-13(24)12-5-6-19-23(12)14(16)17/h2-7,9,14H,8H2,1H3,(H,20,21,24). The molecule has 0 radical (unpaired) electrons. The summed E-state index contributed by atoms with van der Waals surface area (Å²) in [4.78, 5) is 16.0. The average Bonchev–Trinajstić information content (AvgIpc) is 3.16. The number of halogens is 2. The normalized spacial score (nSPS) is 11.0. The van der Waals surface area contributed by atoms with Gasteiger partial charge in [0.25, 0.3) is 5.91 Å². The van der Waals surface area contributed by atoms with Crippen molar-refractivity contribution in [1.82, 2.24) is 24.5 Å². The molecule has 1 N–H and O–H groups in total. The van der Waals surface area contributed by atoms with Crippen molar-refractivity contribution < 1.29 is 13.6 Å². The van der Waals surface area contributed by atoms with Crippen LogP contribution in [0.1, 0.15) is 28.2 Å². The molecule has 124 valence electrons. The SMILES string of the molecule is Cc1cccc(Cn2cnc(NC(=O)c3ccnn3C(F)F)n2)c1. The predicted molar refractivity (Wildman–Crippen MR) is 81.7 cm³/mol. The van der Waals surface area contributed by atoms with Gasteiger partial charge >= 0.3 is 6.55 Å². The maximum Gasteiger partial charge on any atom is 0.333 e. The number of amides is 1. The minimum atomic E-state index is -2.90. The molecule has 0 aliphatic rings. The Kier molecular flexibility index (Phi) is 4.32. The van der Waals surface area contributed by atoms with Crippen LogP contribution in [0.4, 0.5) is 14.7 Å². The van der Waals surface area contributed by atoms with Crippen LogP contribution in [0.2, 0.25) is 0 Å². The van der Waals surface area contributed by atoms with Gasteiger partial charge in [-0.1, -0.05) is 29.8 Å². The molecule has 3 aromatic rings. The van der Waals surface area contributed by atoms with Gasteiger partial charge in [0.05, 0.1) is 6.54 Å². The van der Waals surface area contributed by atoms with E-state index in [4.69, 9.17) is 0 Å². The van der Waals surface area contributed by atoms with Crippen LogP contribution in [0.25, 0.3) is 0 Å². The molecule has 9 heteroatoms. The highest BCUT2D eigenvalue weighted by Crippen LogP contribution is 2.13. The number of aromatic nitrogens is 5. The van der Waals surface area contributed by atoms with Crippen LogP contribution in [-0.4, -0.2) is 30.5 Å². The Labute approximate surface area is 135 Å². The molecule has 0 saturated heterocycles. The van der Waals surface area contributed by atoms with Gasteiger partial charge in [-0.05, 0) is 18.6 Å². The van der Waals surface area contributed by atoms with Gasteiger partial charge in [0.15, 0.2) is 0 Å². The molecule has 2 heterocycles. The molecule has 1 amide bonds. The second kappa shape index (κ2) is 6.57. The number of anilines is 1. The van der Waals surface area contributed by atoms with Crippen LogP contribution in [0.5, 0.6) is 0 Å². The number of hydrogen-bond acceptors (Lipinski definition) is 4. The van der Waals surface area contributed by atoms with Crippen molar-refractivity contribution in [3.63, 3.8) is 0 Å². The van der Waals surface area contributed by atoms with Crippen LogP contribution < -0.4 is 5.32 Å². The molecule has 0 fully saturated rings. The maximum atomic E-state index is 12.7. The molecule has 0 aliphatic carbocycles. The van der Waals surface area contributed by atoms with E-state index in [9.17, 15) is 13.6 Å². The first kappa shape index (κ1) is 15.8. The molecule has 0 unspecified atom stereocenters. The number of aryl methyl sites for hydroxylation is 1. The Bertz CT molecular complexity index is 857. The zero-order valence-electron chi connectivity index (χ0n) is 12.7. The molecule has 0 spiro atoms. The smallest absolute Gasteiger partial charge is 0.288 e. The lowest BCUT2D eigenvalue weighted by atomic mass is 10.1. The van der Waals surface area contributed by atoms with E-state index in [0.717, 1.165) is 17.3 Å². The van der Waals surface area contributed by atoms with Crippen LogP contribution in [0.3, 0.4) is 0 Å². The Morgan fingerprint density at radius 1 is 1.33 bits per heavy atom. The number of nitrogens with zero attached hydrogens (tertiary/aromatic N) is 5. The summed E-state index contributed by atoms with van der Waals surface area (Å²) >= 11 is 0. The van der Waals surface area contributed by atoms with Crippen molar-refractivity contribution in [2.24, 2.45) is 0 Å². The molecule has 0 saturated carbocycles. The van der Waals surface area contributed by atoms with Crippen LogP contribution >= 0.6 is 0 Å². The zero-order chi connectivity index (χ0) is 17.1. The number of rotatable bonds is 5. The molecule has 0 aliphatic heterocycles. The van der Waals surface area contributed by atoms with Gasteiger partial charge < -0.3 is 0 Å². The second-order valence-electron chi connectivity index (χ2n) is 5.15. The summed E-state index contributed by atoms with van der Waals surface area (Å²) in [5.74, 6) is -0.712. The first-order valence-electron chi connectivity index (χ1n) is 7.11. The number of alkyl halides is 2. The first-order chi connectivity index (χ1) is 11.5. The number of benzene rings is 1. The number of carbonyl (C=O) groups excluding carboxylic acids is 1. The molecule has 3 rings (SSSR count). The molecule has 7 nitrogen and oxygen atoms in total. The summed E-state index contributed by atoms with van der Waals surface area (Å²) in [5, 5.41) is 9.90. The second-order valence-corrected chi connectivity index (χ2v) is 5.15. The van der Waals surface area contributed by atoms with Gasteiger partial charge in [-0.15, -0.1) is 5.10 Å². The van der Waals surface area contributed by atoms with Crippen molar-refractivity contribution in [3.05, 3.63) is 59.7 Å². The van der Waals surface area contributed by atoms with Crippen molar-refractivity contribution >= 4 is 11.9 Å². The van der Waals surface area contributed by atoms with E-state index in [1.165, 1.54) is 12.4 Å². The highest BCUT2D eigenvalue weighted by Gasteiger charge is 2.19. The molecular formula is C15H14F2N6O. The highest BCUT2D eigenvalue weighted by molar-refractivity contribution is 6.01. The fourth-order valence-electron chi connectivity index (χ4n) is 2.24. The minimum Gasteiger partial charge on any atom is -0.288 e. The molecular weight excluding hydrogens is 318 g/mol. The van der Waals surface area contributed by atoms with E-state index >= 15 is 0 Å². The molecule has 1 aromatic carbocycles. The molecule has 0 bridgehead atoms. The van der Waals surface area contributed by atoms with E-state index in [2.05, 4.69) is 20.5 Å². The third-order valence-corrected chi connectivity index (χ3v) is 3.28. The summed E-state index contributed by atoms with van der Waals surface area (Å²) in [6.45, 7) is -0.421. The van der Waals surface area contributed by atoms with Gasteiger partial charge in [0, 0.05) is 6.20 Å². The van der Waals surface area contributed by atoms with E-state index in [-0.39, 0.29) is 11.6 Å². The van der Waals surface area contributed by atoms with Gasteiger partial charge in [-0.3, -0.25) is 10.1 Å². The fourth-order valence-corrected chi connectivity index (χ4v) is 2.24. The summed E-state index contributed by atoms with van der Waals surface area (Å²) in [6, 6.07) is 9.10. The number of nitrogens with one attached hydrogen (secondary N) is 1. The van der Waals surface area contributed by atoms with Crippen molar-refractivity contribution in [2.75, 3.05) is 5.32 Å². The number of hydrogen-bond donors (Lipinski definition) is 1. The lowest BCUT2D eigenvalue weighted by molar-refractivity contribution is 0.0520. The largest absolute Gasteiger partial charge is 0.333 e. The third kappa shape index (κ3) is 3.45. The average molecular weight is 332 g/mol. The Morgan fingerprint density at radius 2 is 2.17 bits per heavy atom. The van der Waals surface area contributed by atoms with Crippen LogP contribution in [0, 0.1) is 6.92 Å². The minimum absolute atomic E-state index is 0.0367. The van der Waals surface area contributed by atoms with Gasteiger partial charge in [0.1, 0.15) is 12.0 Å². The molecule has 2 aromatic heterocycles. The monoisotopic (exact) mass is 332 g/mol. The van der Waals surface area contributed by atoms with E-state index in [1.54, 1.807) is 4.68 Å². The third-order valence-electron chi connectivity index (χ3n) is 3.28. The summed E-state index contributed by atoms with van der Waals surface area (Å²) in [7, 11) is 0. The molecule has 0 atom stereocenters.